The number of aromatic hydroxyl groups is 1. The third-order valence-electron chi connectivity index (χ3n) is 3.31. The van der Waals surface area contributed by atoms with E-state index in [9.17, 15) is 14.7 Å². The molecule has 0 saturated carbocycles. The number of fused-ring (bicyclic) bond motifs is 1. The van der Waals surface area contributed by atoms with Gasteiger partial charge in [-0.1, -0.05) is 13.3 Å². The third-order valence-corrected chi connectivity index (χ3v) is 3.31. The molecule has 0 fully saturated rings. The van der Waals surface area contributed by atoms with Gasteiger partial charge in [0.1, 0.15) is 18.0 Å². The number of nitrogens with one attached hydrogen (secondary N) is 1. The summed E-state index contributed by atoms with van der Waals surface area (Å²) < 4.78 is 5.48. The minimum atomic E-state index is -0.648. The molecule has 1 aliphatic rings. The summed E-state index contributed by atoms with van der Waals surface area (Å²) in [6.07, 6.45) is 1.24. The number of phenolic OH excluding ortho intramolecular Hbond substituents is 1. The summed E-state index contributed by atoms with van der Waals surface area (Å²) in [4.78, 5) is 25.5. The number of hydrogen-bond donors (Lipinski definition) is 2. The summed E-state index contributed by atoms with van der Waals surface area (Å²) in [6, 6.07) is 4.51. The summed E-state index contributed by atoms with van der Waals surface area (Å²) in [5.41, 5.74) is 0.420. The van der Waals surface area contributed by atoms with Crippen molar-refractivity contribution in [1.29, 1.82) is 0 Å². The summed E-state index contributed by atoms with van der Waals surface area (Å²) in [5, 5.41) is 12.3. The van der Waals surface area contributed by atoms with E-state index < -0.39 is 6.10 Å². The van der Waals surface area contributed by atoms with E-state index in [4.69, 9.17) is 4.74 Å². The number of nitrogens with zero attached hydrogens (tertiary/aromatic N) is 1. The monoisotopic (exact) mass is 292 g/mol. The van der Waals surface area contributed by atoms with Crippen molar-refractivity contribution in [2.45, 2.75) is 32.8 Å². The van der Waals surface area contributed by atoms with Gasteiger partial charge in [0.05, 0.1) is 5.69 Å². The van der Waals surface area contributed by atoms with Gasteiger partial charge in [0.15, 0.2) is 6.10 Å². The Labute approximate surface area is 123 Å². The van der Waals surface area contributed by atoms with Crippen LogP contribution in [0.4, 0.5) is 5.69 Å². The zero-order valence-electron chi connectivity index (χ0n) is 12.3. The quantitative estimate of drug-likeness (QED) is 0.805. The van der Waals surface area contributed by atoms with Gasteiger partial charge in [0.2, 0.25) is 5.91 Å². The number of anilines is 1. The first-order valence-electron chi connectivity index (χ1n) is 7.10. The van der Waals surface area contributed by atoms with E-state index in [-0.39, 0.29) is 24.1 Å². The largest absolute Gasteiger partial charge is 0.508 e. The zero-order chi connectivity index (χ0) is 15.4. The Bertz CT molecular complexity index is 544. The molecular formula is C15H20N2O4. The first kappa shape index (κ1) is 15.2. The second-order valence-electron chi connectivity index (χ2n) is 5.04. The maximum atomic E-state index is 12.2. The highest BCUT2D eigenvalue weighted by atomic mass is 16.5. The highest BCUT2D eigenvalue weighted by Crippen LogP contribution is 2.36. The van der Waals surface area contributed by atoms with Crippen molar-refractivity contribution in [3.63, 3.8) is 0 Å². The van der Waals surface area contributed by atoms with Crippen LogP contribution in [0.1, 0.15) is 26.7 Å². The lowest BCUT2D eigenvalue weighted by molar-refractivity contribution is -0.128. The third kappa shape index (κ3) is 3.45. The summed E-state index contributed by atoms with van der Waals surface area (Å²) in [7, 11) is 0. The van der Waals surface area contributed by atoms with Crippen LogP contribution >= 0.6 is 0 Å². The van der Waals surface area contributed by atoms with Crippen LogP contribution in [0.15, 0.2) is 18.2 Å². The number of ether oxygens (including phenoxy) is 1. The summed E-state index contributed by atoms with van der Waals surface area (Å²) in [6.45, 7) is 4.20. The predicted octanol–water partition coefficient (Wildman–Crippen LogP) is 1.42. The fourth-order valence-corrected chi connectivity index (χ4v) is 2.16. The molecular weight excluding hydrogens is 272 g/mol. The molecule has 2 rings (SSSR count). The maximum absolute atomic E-state index is 12.2. The predicted molar refractivity (Wildman–Crippen MR) is 78.5 cm³/mol. The van der Waals surface area contributed by atoms with Gasteiger partial charge >= 0.3 is 0 Å². The molecule has 0 radical (unpaired) electrons. The molecule has 0 spiro atoms. The lowest BCUT2D eigenvalue weighted by Crippen LogP contribution is -2.48. The second-order valence-corrected chi connectivity index (χ2v) is 5.04. The molecule has 1 atom stereocenters. The van der Waals surface area contributed by atoms with Crippen LogP contribution in [-0.4, -0.2) is 36.1 Å². The Hall–Kier alpha value is -2.24. The normalized spacial score (nSPS) is 17.1. The van der Waals surface area contributed by atoms with E-state index in [1.165, 1.54) is 17.0 Å². The lowest BCUT2D eigenvalue weighted by atomic mass is 10.1. The van der Waals surface area contributed by atoms with Crippen molar-refractivity contribution in [1.82, 2.24) is 5.32 Å². The van der Waals surface area contributed by atoms with Gasteiger partial charge in [0.25, 0.3) is 5.91 Å². The molecule has 114 valence electrons. The van der Waals surface area contributed by atoms with Crippen molar-refractivity contribution < 1.29 is 19.4 Å². The smallest absolute Gasteiger partial charge is 0.268 e. The Balaban J connectivity index is 2.15. The SMILES string of the molecule is CCCCNC(=O)CN1C(=O)C(C)Oc2ccc(O)cc21. The minimum Gasteiger partial charge on any atom is -0.508 e. The van der Waals surface area contributed by atoms with Gasteiger partial charge < -0.3 is 15.2 Å². The molecule has 2 N–H and O–H groups in total. The molecule has 0 bridgehead atoms. The molecule has 0 aliphatic carbocycles. The molecule has 1 unspecified atom stereocenters. The molecule has 0 aromatic heterocycles. The van der Waals surface area contributed by atoms with Gasteiger partial charge in [-0.2, -0.15) is 0 Å². The number of phenols is 1. The van der Waals surface area contributed by atoms with Crippen molar-refractivity contribution in [3.8, 4) is 11.5 Å². The van der Waals surface area contributed by atoms with E-state index in [1.54, 1.807) is 13.0 Å². The molecule has 6 heteroatoms. The van der Waals surface area contributed by atoms with Crippen LogP contribution in [0, 0.1) is 0 Å². The Morgan fingerprint density at radius 2 is 2.24 bits per heavy atom. The van der Waals surface area contributed by atoms with Gasteiger partial charge in [-0.25, -0.2) is 0 Å². The van der Waals surface area contributed by atoms with E-state index >= 15 is 0 Å². The summed E-state index contributed by atoms with van der Waals surface area (Å²) in [5.74, 6) is -0.00344. The molecule has 2 amide bonds. The van der Waals surface area contributed by atoms with E-state index in [0.29, 0.717) is 18.0 Å². The zero-order valence-corrected chi connectivity index (χ0v) is 12.3. The number of hydrogen-bond acceptors (Lipinski definition) is 4. The van der Waals surface area contributed by atoms with Crippen molar-refractivity contribution in [2.75, 3.05) is 18.0 Å². The van der Waals surface area contributed by atoms with Gasteiger partial charge in [-0.15, -0.1) is 0 Å². The molecule has 21 heavy (non-hydrogen) atoms. The number of benzene rings is 1. The van der Waals surface area contributed by atoms with Crippen molar-refractivity contribution in [2.24, 2.45) is 0 Å². The van der Waals surface area contributed by atoms with E-state index in [0.717, 1.165) is 12.8 Å². The molecule has 1 aromatic rings. The highest BCUT2D eigenvalue weighted by molar-refractivity contribution is 6.03. The Kier molecular flexibility index (Phi) is 4.67. The van der Waals surface area contributed by atoms with Crippen LogP contribution in [0.2, 0.25) is 0 Å². The summed E-state index contributed by atoms with van der Waals surface area (Å²) >= 11 is 0. The fourth-order valence-electron chi connectivity index (χ4n) is 2.16. The first-order valence-corrected chi connectivity index (χ1v) is 7.10. The molecule has 6 nitrogen and oxygen atoms in total. The van der Waals surface area contributed by atoms with Crippen LogP contribution in [0.3, 0.4) is 0 Å². The molecule has 1 aromatic carbocycles. The van der Waals surface area contributed by atoms with Gasteiger partial charge in [0, 0.05) is 12.6 Å². The number of carbonyl (C=O) groups excluding carboxylic acids is 2. The maximum Gasteiger partial charge on any atom is 0.268 e. The van der Waals surface area contributed by atoms with Gasteiger partial charge in [-0.05, 0) is 25.5 Å². The first-order chi connectivity index (χ1) is 10.0. The standard InChI is InChI=1S/C15H20N2O4/c1-3-4-7-16-14(19)9-17-12-8-11(18)5-6-13(12)21-10(2)15(17)20/h5-6,8,10,18H,3-4,7,9H2,1-2H3,(H,16,19). The molecule has 1 heterocycles. The van der Waals surface area contributed by atoms with E-state index in [1.807, 2.05) is 6.92 Å². The van der Waals surface area contributed by atoms with E-state index in [2.05, 4.69) is 5.32 Å². The van der Waals surface area contributed by atoms with Crippen LogP contribution in [-0.2, 0) is 9.59 Å². The Morgan fingerprint density at radius 1 is 1.48 bits per heavy atom. The van der Waals surface area contributed by atoms with Crippen LogP contribution in [0.5, 0.6) is 11.5 Å². The number of carbonyl (C=O) groups is 2. The van der Waals surface area contributed by atoms with Gasteiger partial charge in [-0.3, -0.25) is 14.5 Å². The number of unbranched alkanes of at least 4 members (excludes halogenated alkanes) is 1. The average Bonchev–Trinajstić information content (AvgIpc) is 2.45. The van der Waals surface area contributed by atoms with Crippen molar-refractivity contribution >= 4 is 17.5 Å². The van der Waals surface area contributed by atoms with Crippen molar-refractivity contribution in [3.05, 3.63) is 18.2 Å². The number of rotatable bonds is 5. The lowest BCUT2D eigenvalue weighted by Gasteiger charge is -2.32. The molecule has 1 aliphatic heterocycles. The van der Waals surface area contributed by atoms with Crippen LogP contribution in [0.25, 0.3) is 0 Å². The topological polar surface area (TPSA) is 78.9 Å². The highest BCUT2D eigenvalue weighted by Gasteiger charge is 2.32. The average molecular weight is 292 g/mol. The number of amides is 2. The van der Waals surface area contributed by atoms with Crippen LogP contribution < -0.4 is 15.0 Å². The minimum absolute atomic E-state index is 0.0242. The molecule has 0 saturated heterocycles. The fraction of sp³-hybridized carbons (Fsp3) is 0.467. The Morgan fingerprint density at radius 3 is 2.95 bits per heavy atom. The second kappa shape index (κ2) is 6.47.